The standard InChI is InChI=1S/C21H27FN4O2/c1-28-14-21(9-11-23-12-10-21)13-24-20(27)19-15-5-4-8-17(15)26(25-19)18-7-3-2-6-16(18)22/h2-3,6-7,23H,4-5,8-14H2,1H3,(H,24,27). The zero-order chi connectivity index (χ0) is 19.6. The molecule has 2 heterocycles. The summed E-state index contributed by atoms with van der Waals surface area (Å²) in [5.74, 6) is -0.511. The fourth-order valence-corrected chi connectivity index (χ4v) is 4.43. The highest BCUT2D eigenvalue weighted by molar-refractivity contribution is 5.94. The van der Waals surface area contributed by atoms with E-state index in [1.807, 2.05) is 0 Å². The Balaban J connectivity index is 1.57. The van der Waals surface area contributed by atoms with Crippen LogP contribution in [0, 0.1) is 11.2 Å². The van der Waals surface area contributed by atoms with E-state index < -0.39 is 0 Å². The maximum atomic E-state index is 14.3. The Labute approximate surface area is 164 Å². The number of rotatable bonds is 6. The molecule has 0 spiro atoms. The number of nitrogens with zero attached hydrogens (tertiary/aromatic N) is 2. The number of hydrogen-bond acceptors (Lipinski definition) is 4. The molecular formula is C21H27FN4O2. The first-order valence-electron chi connectivity index (χ1n) is 9.97. The second-order valence-corrected chi connectivity index (χ2v) is 7.86. The van der Waals surface area contributed by atoms with Gasteiger partial charge in [-0.3, -0.25) is 4.79 Å². The van der Waals surface area contributed by atoms with Gasteiger partial charge >= 0.3 is 0 Å². The van der Waals surface area contributed by atoms with E-state index in [1.165, 1.54) is 6.07 Å². The lowest BCUT2D eigenvalue weighted by atomic mass is 9.79. The van der Waals surface area contributed by atoms with E-state index in [9.17, 15) is 9.18 Å². The van der Waals surface area contributed by atoms with Crippen molar-refractivity contribution in [1.29, 1.82) is 0 Å². The molecule has 1 amide bonds. The van der Waals surface area contributed by atoms with Crippen LogP contribution in [0.5, 0.6) is 0 Å². The van der Waals surface area contributed by atoms with E-state index in [2.05, 4.69) is 15.7 Å². The van der Waals surface area contributed by atoms with Crippen molar-refractivity contribution in [2.75, 3.05) is 33.4 Å². The lowest BCUT2D eigenvalue weighted by molar-refractivity contribution is 0.0510. The highest BCUT2D eigenvalue weighted by Crippen LogP contribution is 2.30. The van der Waals surface area contributed by atoms with Crippen LogP contribution in [0.3, 0.4) is 0 Å². The van der Waals surface area contributed by atoms with Gasteiger partial charge in [-0.05, 0) is 57.3 Å². The zero-order valence-corrected chi connectivity index (χ0v) is 16.3. The van der Waals surface area contributed by atoms with Gasteiger partial charge in [-0.25, -0.2) is 9.07 Å². The Bertz CT molecular complexity index is 853. The van der Waals surface area contributed by atoms with E-state index >= 15 is 0 Å². The zero-order valence-electron chi connectivity index (χ0n) is 16.3. The number of halogens is 1. The van der Waals surface area contributed by atoms with E-state index in [4.69, 9.17) is 4.74 Å². The SMILES string of the molecule is COCC1(CNC(=O)c2nn(-c3ccccc3F)c3c2CCC3)CCNCC1. The van der Waals surface area contributed by atoms with Crippen LogP contribution in [0.15, 0.2) is 24.3 Å². The molecule has 150 valence electrons. The predicted octanol–water partition coefficient (Wildman–Crippen LogP) is 2.25. The van der Waals surface area contributed by atoms with Gasteiger partial charge in [0.2, 0.25) is 0 Å². The van der Waals surface area contributed by atoms with Gasteiger partial charge in [-0.15, -0.1) is 0 Å². The van der Waals surface area contributed by atoms with Gasteiger partial charge in [0.25, 0.3) is 5.91 Å². The molecule has 4 rings (SSSR count). The molecule has 0 bridgehead atoms. The first kappa shape index (κ1) is 19.1. The van der Waals surface area contributed by atoms with Crippen LogP contribution in [0.2, 0.25) is 0 Å². The van der Waals surface area contributed by atoms with Gasteiger partial charge in [0.1, 0.15) is 11.5 Å². The molecule has 0 unspecified atom stereocenters. The molecule has 1 fully saturated rings. The first-order valence-corrected chi connectivity index (χ1v) is 9.97. The van der Waals surface area contributed by atoms with Crippen molar-refractivity contribution < 1.29 is 13.9 Å². The molecule has 0 saturated carbocycles. The Morgan fingerprint density at radius 3 is 2.86 bits per heavy atom. The summed E-state index contributed by atoms with van der Waals surface area (Å²) in [6, 6.07) is 6.56. The molecule has 2 N–H and O–H groups in total. The van der Waals surface area contributed by atoms with Crippen LogP contribution in [0.4, 0.5) is 4.39 Å². The lowest BCUT2D eigenvalue weighted by Crippen LogP contribution is -2.47. The predicted molar refractivity (Wildman–Crippen MR) is 104 cm³/mol. The van der Waals surface area contributed by atoms with Crippen molar-refractivity contribution in [3.8, 4) is 5.69 Å². The van der Waals surface area contributed by atoms with Crippen molar-refractivity contribution in [1.82, 2.24) is 20.4 Å². The van der Waals surface area contributed by atoms with Crippen molar-refractivity contribution in [2.24, 2.45) is 5.41 Å². The number of piperidine rings is 1. The molecule has 1 aliphatic heterocycles. The Morgan fingerprint density at radius 1 is 1.32 bits per heavy atom. The molecular weight excluding hydrogens is 359 g/mol. The number of aromatic nitrogens is 2. The Hall–Kier alpha value is -2.25. The molecule has 2 aliphatic rings. The Morgan fingerprint density at radius 2 is 2.11 bits per heavy atom. The van der Waals surface area contributed by atoms with Crippen LogP contribution in [0.1, 0.15) is 41.0 Å². The molecule has 1 aromatic heterocycles. The fraction of sp³-hybridized carbons (Fsp3) is 0.524. The number of para-hydroxylation sites is 1. The molecule has 7 heteroatoms. The van der Waals surface area contributed by atoms with Crippen LogP contribution in [0.25, 0.3) is 5.69 Å². The number of carbonyl (C=O) groups is 1. The summed E-state index contributed by atoms with van der Waals surface area (Å²) in [6.45, 7) is 3.03. The molecule has 1 saturated heterocycles. The number of amides is 1. The number of methoxy groups -OCH3 is 1. The third kappa shape index (κ3) is 3.56. The van der Waals surface area contributed by atoms with Crippen LogP contribution in [-0.2, 0) is 17.6 Å². The minimum atomic E-state index is -0.333. The molecule has 28 heavy (non-hydrogen) atoms. The van der Waals surface area contributed by atoms with Crippen LogP contribution >= 0.6 is 0 Å². The number of benzene rings is 1. The highest BCUT2D eigenvalue weighted by atomic mass is 19.1. The molecule has 2 aromatic rings. The van der Waals surface area contributed by atoms with Gasteiger partial charge in [0, 0.05) is 30.3 Å². The maximum Gasteiger partial charge on any atom is 0.272 e. The monoisotopic (exact) mass is 386 g/mol. The topological polar surface area (TPSA) is 68.2 Å². The van der Waals surface area contributed by atoms with E-state index in [-0.39, 0.29) is 17.1 Å². The second kappa shape index (κ2) is 8.01. The summed E-state index contributed by atoms with van der Waals surface area (Å²) in [5, 5.41) is 11.0. The number of nitrogens with one attached hydrogen (secondary N) is 2. The summed E-state index contributed by atoms with van der Waals surface area (Å²) >= 11 is 0. The van der Waals surface area contributed by atoms with Crippen LogP contribution in [-0.4, -0.2) is 49.0 Å². The summed E-state index contributed by atoms with van der Waals surface area (Å²) in [7, 11) is 1.70. The number of hydrogen-bond donors (Lipinski definition) is 2. The average molecular weight is 386 g/mol. The third-order valence-electron chi connectivity index (χ3n) is 5.96. The quantitative estimate of drug-likeness (QED) is 0.799. The van der Waals surface area contributed by atoms with Crippen molar-refractivity contribution in [3.63, 3.8) is 0 Å². The summed E-state index contributed by atoms with van der Waals surface area (Å²) in [6.07, 6.45) is 4.50. The van der Waals surface area contributed by atoms with Gasteiger partial charge in [0.15, 0.2) is 5.69 Å². The fourth-order valence-electron chi connectivity index (χ4n) is 4.43. The van der Waals surface area contributed by atoms with Gasteiger partial charge in [-0.2, -0.15) is 5.10 Å². The smallest absolute Gasteiger partial charge is 0.272 e. The number of ether oxygens (including phenoxy) is 1. The average Bonchev–Trinajstić information content (AvgIpc) is 3.31. The lowest BCUT2D eigenvalue weighted by Gasteiger charge is -2.37. The van der Waals surface area contributed by atoms with Crippen LogP contribution < -0.4 is 10.6 Å². The second-order valence-electron chi connectivity index (χ2n) is 7.86. The normalized spacial score (nSPS) is 18.1. The summed E-state index contributed by atoms with van der Waals surface area (Å²) in [4.78, 5) is 13.0. The number of carbonyl (C=O) groups excluding carboxylic acids is 1. The summed E-state index contributed by atoms with van der Waals surface area (Å²) < 4.78 is 21.3. The maximum absolute atomic E-state index is 14.3. The van der Waals surface area contributed by atoms with Gasteiger partial charge in [-0.1, -0.05) is 12.1 Å². The summed E-state index contributed by atoms with van der Waals surface area (Å²) in [5.41, 5.74) is 2.68. The van der Waals surface area contributed by atoms with Crippen molar-refractivity contribution in [3.05, 3.63) is 47.0 Å². The largest absolute Gasteiger partial charge is 0.384 e. The molecule has 6 nitrogen and oxygen atoms in total. The van der Waals surface area contributed by atoms with Gasteiger partial charge < -0.3 is 15.4 Å². The first-order chi connectivity index (χ1) is 13.6. The van der Waals surface area contributed by atoms with Gasteiger partial charge in [0.05, 0.1) is 6.61 Å². The van der Waals surface area contributed by atoms with E-state index in [0.717, 1.165) is 56.5 Å². The minimum absolute atomic E-state index is 0.0487. The van der Waals surface area contributed by atoms with Crippen molar-refractivity contribution in [2.45, 2.75) is 32.1 Å². The van der Waals surface area contributed by atoms with E-state index in [0.29, 0.717) is 24.5 Å². The molecule has 1 aliphatic carbocycles. The van der Waals surface area contributed by atoms with Crippen molar-refractivity contribution >= 4 is 5.91 Å². The third-order valence-corrected chi connectivity index (χ3v) is 5.96. The number of fused-ring (bicyclic) bond motifs is 1. The highest BCUT2D eigenvalue weighted by Gasteiger charge is 2.34. The molecule has 0 atom stereocenters. The molecule has 1 aromatic carbocycles. The Kier molecular flexibility index (Phi) is 5.46. The molecule has 0 radical (unpaired) electrons. The minimum Gasteiger partial charge on any atom is -0.384 e. The van der Waals surface area contributed by atoms with E-state index in [1.54, 1.807) is 30.0 Å².